The maximum atomic E-state index is 5.49. The molecule has 0 bridgehead atoms. The third-order valence-electron chi connectivity index (χ3n) is 3.28. The molecule has 17 heavy (non-hydrogen) atoms. The molecule has 1 aromatic heterocycles. The van der Waals surface area contributed by atoms with E-state index in [0.717, 1.165) is 19.5 Å². The Morgan fingerprint density at radius 2 is 1.88 bits per heavy atom. The topological polar surface area (TPSA) is 30.9 Å². The highest BCUT2D eigenvalue weighted by Crippen LogP contribution is 2.18. The summed E-state index contributed by atoms with van der Waals surface area (Å²) in [6.07, 6.45) is 7.15. The fourth-order valence-corrected chi connectivity index (χ4v) is 2.29. The largest absolute Gasteiger partial charge is 0.347 e. The number of hydrogen-bond acceptors (Lipinski definition) is 1. The van der Waals surface area contributed by atoms with Gasteiger partial charge in [-0.2, -0.15) is 0 Å². The number of nitrogens with two attached hydrogens (primary N) is 1. The van der Waals surface area contributed by atoms with Crippen molar-refractivity contribution in [1.82, 2.24) is 4.57 Å². The predicted molar refractivity (Wildman–Crippen MR) is 74.2 cm³/mol. The zero-order valence-electron chi connectivity index (χ0n) is 10.7. The van der Waals surface area contributed by atoms with Gasteiger partial charge in [0, 0.05) is 18.3 Å². The number of unbranched alkanes of at least 4 members (excludes halogenated alkanes) is 3. The van der Waals surface area contributed by atoms with Gasteiger partial charge >= 0.3 is 0 Å². The van der Waals surface area contributed by atoms with Gasteiger partial charge in [0.1, 0.15) is 0 Å². The average molecular weight is 230 g/mol. The first-order valence-corrected chi connectivity index (χ1v) is 6.57. The summed E-state index contributed by atoms with van der Waals surface area (Å²) >= 11 is 0. The monoisotopic (exact) mass is 230 g/mol. The molecular formula is C15H22N2. The second kappa shape index (κ2) is 5.87. The van der Waals surface area contributed by atoms with Crippen molar-refractivity contribution in [3.05, 3.63) is 36.0 Å². The summed E-state index contributed by atoms with van der Waals surface area (Å²) in [4.78, 5) is 0. The normalized spacial score (nSPS) is 11.2. The summed E-state index contributed by atoms with van der Waals surface area (Å²) in [7, 11) is 0. The molecule has 0 spiro atoms. The highest BCUT2D eigenvalue weighted by atomic mass is 14.9. The van der Waals surface area contributed by atoms with Gasteiger partial charge in [-0.1, -0.05) is 24.5 Å². The zero-order valence-corrected chi connectivity index (χ0v) is 10.7. The fraction of sp³-hybridized carbons (Fsp3) is 0.467. The minimum absolute atomic E-state index is 0.825. The van der Waals surface area contributed by atoms with Gasteiger partial charge in [0.2, 0.25) is 0 Å². The van der Waals surface area contributed by atoms with Gasteiger partial charge in [-0.05, 0) is 49.9 Å². The molecular weight excluding hydrogens is 208 g/mol. The van der Waals surface area contributed by atoms with Crippen LogP contribution in [0.2, 0.25) is 0 Å². The smallest absolute Gasteiger partial charge is 0.0480 e. The molecule has 0 fully saturated rings. The van der Waals surface area contributed by atoms with E-state index in [-0.39, 0.29) is 0 Å². The van der Waals surface area contributed by atoms with Crippen LogP contribution in [-0.4, -0.2) is 11.1 Å². The Kier molecular flexibility index (Phi) is 4.21. The maximum Gasteiger partial charge on any atom is 0.0480 e. The number of fused-ring (bicyclic) bond motifs is 1. The minimum atomic E-state index is 0.825. The summed E-state index contributed by atoms with van der Waals surface area (Å²) in [5.41, 5.74) is 8.18. The molecule has 1 heterocycles. The van der Waals surface area contributed by atoms with E-state index in [4.69, 9.17) is 5.73 Å². The number of rotatable bonds is 6. The first kappa shape index (κ1) is 12.2. The number of hydrogen-bond donors (Lipinski definition) is 1. The number of aromatic nitrogens is 1. The molecule has 92 valence electrons. The summed E-state index contributed by atoms with van der Waals surface area (Å²) < 4.78 is 2.36. The lowest BCUT2D eigenvalue weighted by molar-refractivity contribution is 0.585. The van der Waals surface area contributed by atoms with Gasteiger partial charge in [-0.25, -0.2) is 0 Å². The molecule has 0 saturated heterocycles. The van der Waals surface area contributed by atoms with Crippen molar-refractivity contribution in [1.29, 1.82) is 0 Å². The van der Waals surface area contributed by atoms with E-state index in [2.05, 4.69) is 42.0 Å². The SMILES string of the molecule is Cc1ccc2c(ccn2CCCCCCN)c1. The molecule has 2 heteroatoms. The average Bonchev–Trinajstić information content (AvgIpc) is 2.71. The van der Waals surface area contributed by atoms with Crippen molar-refractivity contribution >= 4 is 10.9 Å². The van der Waals surface area contributed by atoms with Gasteiger partial charge in [-0.15, -0.1) is 0 Å². The van der Waals surface area contributed by atoms with E-state index in [0.29, 0.717) is 0 Å². The first-order valence-electron chi connectivity index (χ1n) is 6.57. The highest BCUT2D eigenvalue weighted by Gasteiger charge is 2.00. The van der Waals surface area contributed by atoms with E-state index in [9.17, 15) is 0 Å². The van der Waals surface area contributed by atoms with Crippen LogP contribution >= 0.6 is 0 Å². The molecule has 0 saturated carbocycles. The van der Waals surface area contributed by atoms with E-state index in [1.165, 1.54) is 35.7 Å². The van der Waals surface area contributed by atoms with E-state index < -0.39 is 0 Å². The van der Waals surface area contributed by atoms with Crippen molar-refractivity contribution < 1.29 is 0 Å². The molecule has 2 N–H and O–H groups in total. The molecule has 2 nitrogen and oxygen atoms in total. The van der Waals surface area contributed by atoms with Crippen molar-refractivity contribution in [2.75, 3.05) is 6.54 Å². The van der Waals surface area contributed by atoms with E-state index in [1.807, 2.05) is 0 Å². The van der Waals surface area contributed by atoms with Crippen LogP contribution in [0.1, 0.15) is 31.2 Å². The molecule has 2 rings (SSSR count). The molecule has 0 atom stereocenters. The third-order valence-corrected chi connectivity index (χ3v) is 3.28. The Morgan fingerprint density at radius 3 is 2.71 bits per heavy atom. The quantitative estimate of drug-likeness (QED) is 0.757. The first-order chi connectivity index (χ1) is 8.31. The van der Waals surface area contributed by atoms with Crippen molar-refractivity contribution in [3.63, 3.8) is 0 Å². The number of nitrogens with zero attached hydrogens (tertiary/aromatic N) is 1. The van der Waals surface area contributed by atoms with Gasteiger partial charge in [0.25, 0.3) is 0 Å². The highest BCUT2D eigenvalue weighted by molar-refractivity contribution is 5.80. The van der Waals surface area contributed by atoms with Crippen LogP contribution in [0.5, 0.6) is 0 Å². The molecule has 0 aliphatic heterocycles. The van der Waals surface area contributed by atoms with Crippen LogP contribution in [0, 0.1) is 6.92 Å². The Morgan fingerprint density at radius 1 is 1.06 bits per heavy atom. The van der Waals surface area contributed by atoms with Gasteiger partial charge in [-0.3, -0.25) is 0 Å². The van der Waals surface area contributed by atoms with Crippen LogP contribution in [0.3, 0.4) is 0 Å². The maximum absolute atomic E-state index is 5.49. The molecule has 2 aromatic rings. The van der Waals surface area contributed by atoms with Crippen LogP contribution in [0.4, 0.5) is 0 Å². The van der Waals surface area contributed by atoms with Crippen molar-refractivity contribution in [2.45, 2.75) is 39.2 Å². The fourth-order valence-electron chi connectivity index (χ4n) is 2.29. The Bertz CT molecular complexity index is 471. The Balaban J connectivity index is 1.95. The van der Waals surface area contributed by atoms with Gasteiger partial charge < -0.3 is 10.3 Å². The minimum Gasteiger partial charge on any atom is -0.347 e. The third kappa shape index (κ3) is 3.10. The number of benzene rings is 1. The molecule has 0 radical (unpaired) electrons. The van der Waals surface area contributed by atoms with Crippen LogP contribution in [0.15, 0.2) is 30.5 Å². The lowest BCUT2D eigenvalue weighted by Gasteiger charge is -2.05. The molecule has 1 aromatic carbocycles. The van der Waals surface area contributed by atoms with Crippen molar-refractivity contribution in [2.24, 2.45) is 5.73 Å². The molecule has 0 aliphatic carbocycles. The van der Waals surface area contributed by atoms with E-state index in [1.54, 1.807) is 0 Å². The lowest BCUT2D eigenvalue weighted by atomic mass is 10.2. The molecule has 0 amide bonds. The molecule has 0 aliphatic rings. The van der Waals surface area contributed by atoms with Crippen molar-refractivity contribution in [3.8, 4) is 0 Å². The second-order valence-electron chi connectivity index (χ2n) is 4.77. The van der Waals surface area contributed by atoms with Gasteiger partial charge in [0.05, 0.1) is 0 Å². The van der Waals surface area contributed by atoms with Crippen LogP contribution in [-0.2, 0) is 6.54 Å². The van der Waals surface area contributed by atoms with Crippen LogP contribution < -0.4 is 5.73 Å². The standard InChI is InChI=1S/C15H22N2/c1-13-6-7-15-14(12-13)8-11-17(15)10-5-3-2-4-9-16/h6-8,11-12H,2-5,9-10,16H2,1H3. The predicted octanol–water partition coefficient (Wildman–Crippen LogP) is 3.47. The lowest BCUT2D eigenvalue weighted by Crippen LogP contribution is -1.99. The summed E-state index contributed by atoms with van der Waals surface area (Å²) in [6.45, 7) is 4.09. The Labute approximate surface area is 103 Å². The summed E-state index contributed by atoms with van der Waals surface area (Å²) in [5, 5.41) is 1.35. The molecule has 0 unspecified atom stereocenters. The Hall–Kier alpha value is -1.28. The van der Waals surface area contributed by atoms with Crippen LogP contribution in [0.25, 0.3) is 10.9 Å². The summed E-state index contributed by atoms with van der Waals surface area (Å²) in [6, 6.07) is 8.88. The van der Waals surface area contributed by atoms with Gasteiger partial charge in [0.15, 0.2) is 0 Å². The summed E-state index contributed by atoms with van der Waals surface area (Å²) in [5.74, 6) is 0. The zero-order chi connectivity index (χ0) is 12.1. The van der Waals surface area contributed by atoms with E-state index >= 15 is 0 Å². The second-order valence-corrected chi connectivity index (χ2v) is 4.77. The number of aryl methyl sites for hydroxylation is 2.